The number of aryl methyl sites for hydroxylation is 1. The third-order valence-electron chi connectivity index (χ3n) is 5.90. The van der Waals surface area contributed by atoms with Crippen molar-refractivity contribution in [3.8, 4) is 34.4 Å². The first-order chi connectivity index (χ1) is 16.1. The van der Waals surface area contributed by atoms with Gasteiger partial charge in [0.1, 0.15) is 0 Å². The quantitative estimate of drug-likeness (QED) is 0.305. The van der Waals surface area contributed by atoms with Crippen molar-refractivity contribution in [2.75, 3.05) is 0 Å². The molecule has 2 nitrogen and oxygen atoms in total. The van der Waals surface area contributed by atoms with Crippen molar-refractivity contribution in [3.63, 3.8) is 0 Å². The lowest BCUT2D eigenvalue weighted by Gasteiger charge is -2.20. The van der Waals surface area contributed by atoms with E-state index in [0.717, 1.165) is 44.5 Å². The molecule has 0 radical (unpaired) electrons. The van der Waals surface area contributed by atoms with Crippen molar-refractivity contribution in [1.29, 1.82) is 10.5 Å². The van der Waals surface area contributed by atoms with E-state index in [1.807, 2.05) is 66.7 Å². The molecule has 0 aromatic heterocycles. The van der Waals surface area contributed by atoms with Crippen LogP contribution in [-0.4, -0.2) is 0 Å². The lowest BCUT2D eigenvalue weighted by molar-refractivity contribution is 1.09. The lowest BCUT2D eigenvalue weighted by atomic mass is 9.82. The second-order valence-electron chi connectivity index (χ2n) is 8.09. The van der Waals surface area contributed by atoms with Gasteiger partial charge in [0, 0.05) is 0 Å². The molecule has 0 amide bonds. The Morgan fingerprint density at radius 3 is 1.91 bits per heavy atom. The van der Waals surface area contributed by atoms with Crippen LogP contribution < -0.4 is 0 Å². The van der Waals surface area contributed by atoms with Crippen LogP contribution in [0, 0.1) is 36.5 Å². The van der Waals surface area contributed by atoms with Crippen molar-refractivity contribution in [1.82, 2.24) is 0 Å². The number of rotatable bonds is 5. The highest BCUT2D eigenvalue weighted by molar-refractivity contribution is 5.90. The molecular weight excluding hydrogens is 400 g/mol. The Kier molecular flexibility index (Phi) is 6.49. The minimum atomic E-state index is -0.854. The van der Waals surface area contributed by atoms with Crippen LogP contribution in [-0.2, 0) is 0 Å². The van der Waals surface area contributed by atoms with E-state index in [-0.39, 0.29) is 0 Å². The van der Waals surface area contributed by atoms with E-state index in [4.69, 9.17) is 0 Å². The Labute approximate surface area is 195 Å². The predicted molar refractivity (Wildman–Crippen MR) is 136 cm³/mol. The topological polar surface area (TPSA) is 47.6 Å². The fourth-order valence-corrected chi connectivity index (χ4v) is 4.17. The molecule has 0 N–H and O–H groups in total. The zero-order valence-corrected chi connectivity index (χ0v) is 18.8. The molecule has 0 spiro atoms. The number of hydrogen-bond acceptors (Lipinski definition) is 2. The fourth-order valence-electron chi connectivity index (χ4n) is 4.17. The Morgan fingerprint density at radius 1 is 0.697 bits per heavy atom. The third kappa shape index (κ3) is 4.62. The van der Waals surface area contributed by atoms with Gasteiger partial charge in [0.25, 0.3) is 0 Å². The van der Waals surface area contributed by atoms with Gasteiger partial charge in [-0.25, -0.2) is 0 Å². The molecule has 2 heteroatoms. The standard InChI is InChI=1S/C31H24N2/c1-22-13-16-25(17-14-22)30-19-29(27(20-32)21-33)28(18-15-24-9-5-3-6-10-24)23(2)31(30)26-11-7-4-8-12-26/h3-19,27H,1-2H3. The average Bonchev–Trinajstić information content (AvgIpc) is 2.86. The van der Waals surface area contributed by atoms with Crippen molar-refractivity contribution >= 4 is 12.2 Å². The second kappa shape index (κ2) is 9.82. The highest BCUT2D eigenvalue weighted by Crippen LogP contribution is 2.40. The zero-order chi connectivity index (χ0) is 23.2. The van der Waals surface area contributed by atoms with E-state index in [1.165, 1.54) is 5.56 Å². The lowest BCUT2D eigenvalue weighted by Crippen LogP contribution is -2.02. The first-order valence-electron chi connectivity index (χ1n) is 10.9. The van der Waals surface area contributed by atoms with Gasteiger partial charge in [-0.15, -0.1) is 0 Å². The van der Waals surface area contributed by atoms with Crippen molar-refractivity contribution in [3.05, 3.63) is 119 Å². The fraction of sp³-hybridized carbons (Fsp3) is 0.0968. The summed E-state index contributed by atoms with van der Waals surface area (Å²) in [7, 11) is 0. The maximum Gasteiger partial charge on any atom is 0.158 e. The van der Waals surface area contributed by atoms with E-state index < -0.39 is 5.92 Å². The van der Waals surface area contributed by atoms with E-state index >= 15 is 0 Å². The number of benzene rings is 4. The van der Waals surface area contributed by atoms with E-state index in [0.29, 0.717) is 0 Å². The molecule has 4 aromatic carbocycles. The van der Waals surface area contributed by atoms with Gasteiger partial charge in [0.15, 0.2) is 5.92 Å². The molecule has 4 rings (SSSR count). The van der Waals surface area contributed by atoms with Gasteiger partial charge in [-0.1, -0.05) is 103 Å². The molecule has 0 fully saturated rings. The second-order valence-corrected chi connectivity index (χ2v) is 8.09. The normalized spacial score (nSPS) is 10.8. The van der Waals surface area contributed by atoms with E-state index in [1.54, 1.807) is 0 Å². The van der Waals surface area contributed by atoms with Crippen molar-refractivity contribution < 1.29 is 0 Å². The van der Waals surface area contributed by atoms with Gasteiger partial charge in [-0.2, -0.15) is 10.5 Å². The summed E-state index contributed by atoms with van der Waals surface area (Å²) in [6.07, 6.45) is 4.07. The van der Waals surface area contributed by atoms with E-state index in [9.17, 15) is 10.5 Å². The molecule has 0 saturated carbocycles. The Morgan fingerprint density at radius 2 is 1.30 bits per heavy atom. The maximum absolute atomic E-state index is 9.77. The first-order valence-corrected chi connectivity index (χ1v) is 10.9. The van der Waals surface area contributed by atoms with Crippen LogP contribution in [0.5, 0.6) is 0 Å². The molecule has 0 aliphatic carbocycles. The first kappa shape index (κ1) is 21.8. The van der Waals surface area contributed by atoms with Gasteiger partial charge in [0.2, 0.25) is 0 Å². The molecule has 0 unspecified atom stereocenters. The minimum Gasteiger partial charge on any atom is -0.196 e. The van der Waals surface area contributed by atoms with Crippen molar-refractivity contribution in [2.24, 2.45) is 0 Å². The summed E-state index contributed by atoms with van der Waals surface area (Å²) in [4.78, 5) is 0. The monoisotopic (exact) mass is 424 g/mol. The number of hydrogen-bond donors (Lipinski definition) is 0. The van der Waals surface area contributed by atoms with Gasteiger partial charge in [-0.3, -0.25) is 0 Å². The SMILES string of the molecule is Cc1ccc(-c2cc(C(C#N)C#N)c(C=Cc3ccccc3)c(C)c2-c2ccccc2)cc1. The molecule has 0 aliphatic rings. The largest absolute Gasteiger partial charge is 0.196 e. The number of nitrogens with zero attached hydrogens (tertiary/aromatic N) is 2. The minimum absolute atomic E-state index is 0.736. The Bertz CT molecular complexity index is 1350. The average molecular weight is 425 g/mol. The molecule has 0 heterocycles. The summed E-state index contributed by atoms with van der Waals surface area (Å²) in [6.45, 7) is 4.15. The predicted octanol–water partition coefficient (Wildman–Crippen LogP) is 7.94. The number of nitriles is 2. The van der Waals surface area contributed by atoms with Crippen LogP contribution in [0.25, 0.3) is 34.4 Å². The third-order valence-corrected chi connectivity index (χ3v) is 5.90. The molecule has 158 valence electrons. The van der Waals surface area contributed by atoms with Crippen LogP contribution >= 0.6 is 0 Å². The summed E-state index contributed by atoms with van der Waals surface area (Å²) in [5.41, 5.74) is 9.28. The Balaban J connectivity index is 2.03. The van der Waals surface area contributed by atoms with Crippen molar-refractivity contribution in [2.45, 2.75) is 19.8 Å². The molecule has 33 heavy (non-hydrogen) atoms. The molecule has 0 atom stereocenters. The van der Waals surface area contributed by atoms with Gasteiger partial charge >= 0.3 is 0 Å². The van der Waals surface area contributed by atoms with Crippen LogP contribution in [0.3, 0.4) is 0 Å². The summed E-state index contributed by atoms with van der Waals surface area (Å²) in [5.74, 6) is -0.854. The molecular formula is C31H24N2. The summed E-state index contributed by atoms with van der Waals surface area (Å²) >= 11 is 0. The molecule has 4 aromatic rings. The van der Waals surface area contributed by atoms with E-state index in [2.05, 4.69) is 62.4 Å². The van der Waals surface area contributed by atoms with Crippen LogP contribution in [0.4, 0.5) is 0 Å². The molecule has 0 bridgehead atoms. The highest BCUT2D eigenvalue weighted by Gasteiger charge is 2.21. The molecule has 0 aliphatic heterocycles. The van der Waals surface area contributed by atoms with Gasteiger partial charge in [0.05, 0.1) is 12.1 Å². The van der Waals surface area contributed by atoms with Gasteiger partial charge < -0.3 is 0 Å². The van der Waals surface area contributed by atoms with Crippen LogP contribution in [0.1, 0.15) is 33.7 Å². The van der Waals surface area contributed by atoms with Gasteiger partial charge in [-0.05, 0) is 64.4 Å². The summed E-state index contributed by atoms with van der Waals surface area (Å²) in [6, 6.07) is 35.1. The van der Waals surface area contributed by atoms with Crippen LogP contribution in [0.2, 0.25) is 0 Å². The Hall–Kier alpha value is -4.40. The smallest absolute Gasteiger partial charge is 0.158 e. The molecule has 0 saturated heterocycles. The summed E-state index contributed by atoms with van der Waals surface area (Å²) < 4.78 is 0. The summed E-state index contributed by atoms with van der Waals surface area (Å²) in [5, 5.41) is 19.5. The zero-order valence-electron chi connectivity index (χ0n) is 18.8. The maximum atomic E-state index is 9.77. The highest BCUT2D eigenvalue weighted by atomic mass is 14.3. The van der Waals surface area contributed by atoms with Crippen LogP contribution in [0.15, 0.2) is 91.0 Å².